The Balaban J connectivity index is 2.36. The van der Waals surface area contributed by atoms with Crippen molar-refractivity contribution in [2.75, 3.05) is 13.2 Å². The first-order chi connectivity index (χ1) is 6.24. The SMILES string of the molecule is CC(C)C(CCO)NC1=NCCC1. The van der Waals surface area contributed by atoms with Crippen molar-refractivity contribution in [3.8, 4) is 0 Å². The molecule has 1 unspecified atom stereocenters. The van der Waals surface area contributed by atoms with E-state index in [0.717, 1.165) is 25.2 Å². The summed E-state index contributed by atoms with van der Waals surface area (Å²) in [6.45, 7) is 5.56. The third-order valence-corrected chi connectivity index (χ3v) is 2.47. The van der Waals surface area contributed by atoms with Crippen molar-refractivity contribution >= 4 is 5.84 Å². The quantitative estimate of drug-likeness (QED) is 0.689. The highest BCUT2D eigenvalue weighted by Gasteiger charge is 2.15. The summed E-state index contributed by atoms with van der Waals surface area (Å²) in [7, 11) is 0. The van der Waals surface area contributed by atoms with Crippen LogP contribution in [0.1, 0.15) is 33.1 Å². The van der Waals surface area contributed by atoms with Crippen LogP contribution in [0.2, 0.25) is 0 Å². The minimum atomic E-state index is 0.253. The second-order valence-electron chi connectivity index (χ2n) is 3.94. The van der Waals surface area contributed by atoms with Crippen LogP contribution in [0.5, 0.6) is 0 Å². The number of rotatable bonds is 4. The molecular formula is C10H20N2O. The van der Waals surface area contributed by atoms with Crippen LogP contribution in [-0.2, 0) is 0 Å². The molecule has 76 valence electrons. The van der Waals surface area contributed by atoms with Gasteiger partial charge in [0.25, 0.3) is 0 Å². The summed E-state index contributed by atoms with van der Waals surface area (Å²) in [6, 6.07) is 0.377. The fraction of sp³-hybridized carbons (Fsp3) is 0.900. The van der Waals surface area contributed by atoms with Gasteiger partial charge in [-0.15, -0.1) is 0 Å². The van der Waals surface area contributed by atoms with Gasteiger partial charge in [0.05, 0.1) is 5.84 Å². The van der Waals surface area contributed by atoms with Crippen LogP contribution < -0.4 is 5.32 Å². The lowest BCUT2D eigenvalue weighted by Crippen LogP contribution is -2.38. The van der Waals surface area contributed by atoms with Crippen molar-refractivity contribution in [1.29, 1.82) is 0 Å². The molecule has 13 heavy (non-hydrogen) atoms. The summed E-state index contributed by atoms with van der Waals surface area (Å²) in [5, 5.41) is 12.3. The highest BCUT2D eigenvalue weighted by atomic mass is 16.3. The molecule has 0 aromatic heterocycles. The minimum absolute atomic E-state index is 0.253. The zero-order chi connectivity index (χ0) is 9.68. The fourth-order valence-corrected chi connectivity index (χ4v) is 1.58. The number of hydrogen-bond acceptors (Lipinski definition) is 3. The van der Waals surface area contributed by atoms with Crippen molar-refractivity contribution in [2.45, 2.75) is 39.2 Å². The van der Waals surface area contributed by atoms with Crippen molar-refractivity contribution in [2.24, 2.45) is 10.9 Å². The topological polar surface area (TPSA) is 44.6 Å². The lowest BCUT2D eigenvalue weighted by Gasteiger charge is -2.22. The van der Waals surface area contributed by atoms with Crippen LogP contribution in [-0.4, -0.2) is 30.1 Å². The predicted octanol–water partition coefficient (Wildman–Crippen LogP) is 1.18. The fourth-order valence-electron chi connectivity index (χ4n) is 1.58. The van der Waals surface area contributed by atoms with Gasteiger partial charge in [-0.2, -0.15) is 0 Å². The molecule has 1 aliphatic heterocycles. The summed E-state index contributed by atoms with van der Waals surface area (Å²) in [6.07, 6.45) is 3.07. The van der Waals surface area contributed by atoms with E-state index in [1.54, 1.807) is 0 Å². The van der Waals surface area contributed by atoms with Gasteiger partial charge < -0.3 is 10.4 Å². The number of aliphatic hydroxyl groups excluding tert-OH is 1. The smallest absolute Gasteiger partial charge is 0.0965 e. The van der Waals surface area contributed by atoms with Gasteiger partial charge in [0.2, 0.25) is 0 Å². The summed E-state index contributed by atoms with van der Waals surface area (Å²) >= 11 is 0. The third-order valence-electron chi connectivity index (χ3n) is 2.47. The molecule has 0 amide bonds. The Bertz CT molecular complexity index is 178. The number of nitrogens with one attached hydrogen (secondary N) is 1. The molecule has 1 aliphatic rings. The summed E-state index contributed by atoms with van der Waals surface area (Å²) in [5.74, 6) is 1.68. The van der Waals surface area contributed by atoms with E-state index in [4.69, 9.17) is 5.11 Å². The predicted molar refractivity (Wildman–Crippen MR) is 55.0 cm³/mol. The van der Waals surface area contributed by atoms with E-state index >= 15 is 0 Å². The van der Waals surface area contributed by atoms with E-state index in [1.807, 2.05) is 0 Å². The van der Waals surface area contributed by atoms with E-state index in [9.17, 15) is 0 Å². The molecule has 1 heterocycles. The normalized spacial score (nSPS) is 18.9. The van der Waals surface area contributed by atoms with Crippen LogP contribution in [0.3, 0.4) is 0 Å². The van der Waals surface area contributed by atoms with Crippen molar-refractivity contribution in [1.82, 2.24) is 5.32 Å². The summed E-state index contributed by atoms with van der Waals surface area (Å²) in [5.41, 5.74) is 0. The molecule has 0 aromatic carbocycles. The van der Waals surface area contributed by atoms with E-state index in [0.29, 0.717) is 12.0 Å². The first-order valence-corrected chi connectivity index (χ1v) is 5.14. The Labute approximate surface area is 80.3 Å². The highest BCUT2D eigenvalue weighted by Crippen LogP contribution is 2.09. The molecular weight excluding hydrogens is 164 g/mol. The molecule has 0 saturated heterocycles. The average molecular weight is 184 g/mol. The van der Waals surface area contributed by atoms with Crippen LogP contribution in [0.4, 0.5) is 0 Å². The monoisotopic (exact) mass is 184 g/mol. The molecule has 0 saturated carbocycles. The molecule has 1 rings (SSSR count). The lowest BCUT2D eigenvalue weighted by molar-refractivity contribution is 0.254. The van der Waals surface area contributed by atoms with Gasteiger partial charge in [-0.1, -0.05) is 13.8 Å². The van der Waals surface area contributed by atoms with Gasteiger partial charge in [-0.05, 0) is 18.8 Å². The van der Waals surface area contributed by atoms with Crippen LogP contribution >= 0.6 is 0 Å². The number of aliphatic imine (C=N–C) groups is 1. The Hall–Kier alpha value is -0.570. The molecule has 0 aromatic rings. The molecule has 0 bridgehead atoms. The van der Waals surface area contributed by atoms with Crippen molar-refractivity contribution in [3.05, 3.63) is 0 Å². The maximum Gasteiger partial charge on any atom is 0.0965 e. The molecule has 1 atom stereocenters. The van der Waals surface area contributed by atoms with Crippen LogP contribution in [0.15, 0.2) is 4.99 Å². The second kappa shape index (κ2) is 5.22. The molecule has 0 radical (unpaired) electrons. The maximum atomic E-state index is 8.88. The van der Waals surface area contributed by atoms with Crippen molar-refractivity contribution in [3.63, 3.8) is 0 Å². The van der Waals surface area contributed by atoms with Crippen LogP contribution in [0, 0.1) is 5.92 Å². The number of amidine groups is 1. The average Bonchev–Trinajstić information content (AvgIpc) is 2.56. The number of hydrogen-bond donors (Lipinski definition) is 2. The summed E-state index contributed by atoms with van der Waals surface area (Å²) < 4.78 is 0. The van der Waals surface area contributed by atoms with Crippen molar-refractivity contribution < 1.29 is 5.11 Å². The molecule has 2 N–H and O–H groups in total. The molecule has 0 aliphatic carbocycles. The van der Waals surface area contributed by atoms with Gasteiger partial charge in [-0.25, -0.2) is 0 Å². The van der Waals surface area contributed by atoms with Gasteiger partial charge in [0, 0.05) is 25.6 Å². The van der Waals surface area contributed by atoms with Gasteiger partial charge >= 0.3 is 0 Å². The first-order valence-electron chi connectivity index (χ1n) is 5.14. The van der Waals surface area contributed by atoms with Gasteiger partial charge in [0.15, 0.2) is 0 Å². The largest absolute Gasteiger partial charge is 0.396 e. The van der Waals surface area contributed by atoms with Gasteiger partial charge in [0.1, 0.15) is 0 Å². The molecule has 3 nitrogen and oxygen atoms in total. The van der Waals surface area contributed by atoms with E-state index in [1.165, 1.54) is 6.42 Å². The van der Waals surface area contributed by atoms with E-state index in [2.05, 4.69) is 24.2 Å². The second-order valence-corrected chi connectivity index (χ2v) is 3.94. The third kappa shape index (κ3) is 3.35. The number of nitrogens with zero attached hydrogens (tertiary/aromatic N) is 1. The minimum Gasteiger partial charge on any atom is -0.396 e. The zero-order valence-corrected chi connectivity index (χ0v) is 8.58. The molecule has 0 spiro atoms. The highest BCUT2D eigenvalue weighted by molar-refractivity contribution is 5.83. The van der Waals surface area contributed by atoms with Gasteiger partial charge in [-0.3, -0.25) is 4.99 Å². The van der Waals surface area contributed by atoms with E-state index < -0.39 is 0 Å². The zero-order valence-electron chi connectivity index (χ0n) is 8.58. The first kappa shape index (κ1) is 10.5. The maximum absolute atomic E-state index is 8.88. The van der Waals surface area contributed by atoms with E-state index in [-0.39, 0.29) is 6.61 Å². The standard InChI is InChI=1S/C10H20N2O/c1-8(2)9(5-7-13)12-10-4-3-6-11-10/h8-9,13H,3-7H2,1-2H3,(H,11,12). The lowest BCUT2D eigenvalue weighted by atomic mass is 10.0. The summed E-state index contributed by atoms with van der Waals surface area (Å²) in [4.78, 5) is 4.36. The molecule has 3 heteroatoms. The Kier molecular flexibility index (Phi) is 4.22. The Morgan fingerprint density at radius 3 is 2.77 bits per heavy atom. The molecule has 0 fully saturated rings. The Morgan fingerprint density at radius 2 is 2.31 bits per heavy atom. The Morgan fingerprint density at radius 1 is 1.54 bits per heavy atom. The number of aliphatic hydroxyl groups is 1. The van der Waals surface area contributed by atoms with Crippen LogP contribution in [0.25, 0.3) is 0 Å².